The molecule has 2 aromatic carbocycles. The predicted molar refractivity (Wildman–Crippen MR) is 165 cm³/mol. The van der Waals surface area contributed by atoms with Gasteiger partial charge in [-0.25, -0.2) is 4.79 Å². The molecule has 2 atom stereocenters. The zero-order valence-electron chi connectivity index (χ0n) is 26.2. The molecule has 0 aromatic heterocycles. The van der Waals surface area contributed by atoms with Crippen molar-refractivity contribution in [2.24, 2.45) is 5.92 Å². The summed E-state index contributed by atoms with van der Waals surface area (Å²) in [5.41, 5.74) is 2.09. The molecule has 2 unspecified atom stereocenters. The van der Waals surface area contributed by atoms with Crippen LogP contribution in [-0.2, 0) is 20.9 Å². The van der Waals surface area contributed by atoms with E-state index in [2.05, 4.69) is 17.6 Å². The molecule has 0 heterocycles. The van der Waals surface area contributed by atoms with Crippen LogP contribution < -0.4 is 10.6 Å². The Morgan fingerprint density at radius 2 is 1.54 bits per heavy atom. The summed E-state index contributed by atoms with van der Waals surface area (Å²) in [5, 5.41) is 5.89. The van der Waals surface area contributed by atoms with Gasteiger partial charge in [0.2, 0.25) is 11.8 Å². The number of hydrogen-bond donors (Lipinski definition) is 2. The van der Waals surface area contributed by atoms with E-state index in [9.17, 15) is 14.4 Å². The lowest BCUT2D eigenvalue weighted by molar-refractivity contribution is -0.143. The molecule has 0 spiro atoms. The normalized spacial score (nSPS) is 12.9. The van der Waals surface area contributed by atoms with E-state index < -0.39 is 23.8 Å². The third kappa shape index (κ3) is 12.4. The molecule has 2 aromatic rings. The van der Waals surface area contributed by atoms with Crippen LogP contribution in [0.3, 0.4) is 0 Å². The Balaban J connectivity index is 2.45. The summed E-state index contributed by atoms with van der Waals surface area (Å²) in [7, 11) is 0. The second kappa shape index (κ2) is 16.8. The largest absolute Gasteiger partial charge is 0.444 e. The number of aryl methyl sites for hydroxylation is 1. The summed E-state index contributed by atoms with van der Waals surface area (Å²) in [6, 6.07) is 15.8. The Morgan fingerprint density at radius 1 is 0.902 bits per heavy atom. The standard InChI is InChI=1S/C34H51N3O4/c1-8-9-10-11-15-22-37(32(39)29(23-25(2)3)36-33(40)41-34(5,6)7)30(28-20-18-26(4)19-21-28)31(38)35-24-27-16-13-12-14-17-27/h12-14,16-21,25,29-30H,8-11,15,22-24H2,1-7H3,(H,35,38)(H,36,40). The summed E-state index contributed by atoms with van der Waals surface area (Å²) >= 11 is 0. The van der Waals surface area contributed by atoms with Crippen molar-refractivity contribution in [3.8, 4) is 0 Å². The quantitative estimate of drug-likeness (QED) is 0.226. The minimum Gasteiger partial charge on any atom is -0.444 e. The van der Waals surface area contributed by atoms with Crippen LogP contribution >= 0.6 is 0 Å². The molecule has 7 nitrogen and oxygen atoms in total. The van der Waals surface area contributed by atoms with Crippen LogP contribution in [-0.4, -0.2) is 41.0 Å². The average molecular weight is 566 g/mol. The molecule has 0 saturated heterocycles. The van der Waals surface area contributed by atoms with Crippen LogP contribution in [0.25, 0.3) is 0 Å². The number of carbonyl (C=O) groups is 3. The Bertz CT molecular complexity index is 1080. The number of hydrogen-bond acceptors (Lipinski definition) is 4. The number of unbranched alkanes of at least 4 members (excludes halogenated alkanes) is 4. The summed E-state index contributed by atoms with van der Waals surface area (Å²) in [5.74, 6) is -0.393. The van der Waals surface area contributed by atoms with Crippen LogP contribution in [0.4, 0.5) is 4.79 Å². The zero-order valence-corrected chi connectivity index (χ0v) is 26.2. The first-order valence-electron chi connectivity index (χ1n) is 15.1. The lowest BCUT2D eigenvalue weighted by atomic mass is 9.98. The van der Waals surface area contributed by atoms with Gasteiger partial charge in [0.25, 0.3) is 0 Å². The molecule has 2 rings (SSSR count). The van der Waals surface area contributed by atoms with Gasteiger partial charge in [0.15, 0.2) is 0 Å². The summed E-state index contributed by atoms with van der Waals surface area (Å²) in [6.45, 7) is 14.3. The number of amides is 3. The highest BCUT2D eigenvalue weighted by molar-refractivity contribution is 5.92. The van der Waals surface area contributed by atoms with Crippen molar-refractivity contribution in [1.82, 2.24) is 15.5 Å². The molecule has 0 fully saturated rings. The lowest BCUT2D eigenvalue weighted by Gasteiger charge is -2.35. The number of nitrogens with one attached hydrogen (secondary N) is 2. The van der Waals surface area contributed by atoms with Crippen LogP contribution in [0.1, 0.15) is 103 Å². The average Bonchev–Trinajstić information content (AvgIpc) is 2.90. The summed E-state index contributed by atoms with van der Waals surface area (Å²) < 4.78 is 5.50. The number of nitrogens with zero attached hydrogens (tertiary/aromatic N) is 1. The molecular weight excluding hydrogens is 514 g/mol. The van der Waals surface area contributed by atoms with Gasteiger partial charge in [-0.1, -0.05) is 107 Å². The van der Waals surface area contributed by atoms with Gasteiger partial charge in [-0.2, -0.15) is 0 Å². The first kappa shape index (κ1) is 33.9. The molecule has 226 valence electrons. The van der Waals surface area contributed by atoms with E-state index in [1.165, 1.54) is 0 Å². The van der Waals surface area contributed by atoms with Crippen molar-refractivity contribution in [3.05, 3.63) is 71.3 Å². The molecular formula is C34H51N3O4. The van der Waals surface area contributed by atoms with Gasteiger partial charge in [-0.3, -0.25) is 9.59 Å². The highest BCUT2D eigenvalue weighted by atomic mass is 16.6. The molecule has 41 heavy (non-hydrogen) atoms. The SMILES string of the molecule is CCCCCCCN(C(=O)C(CC(C)C)NC(=O)OC(C)(C)C)C(C(=O)NCc1ccccc1)c1ccc(C)cc1. The molecule has 7 heteroatoms. The smallest absolute Gasteiger partial charge is 0.408 e. The molecule has 0 saturated carbocycles. The molecule has 0 aliphatic heterocycles. The summed E-state index contributed by atoms with van der Waals surface area (Å²) in [4.78, 5) is 42.7. The van der Waals surface area contributed by atoms with Gasteiger partial charge >= 0.3 is 6.09 Å². The van der Waals surface area contributed by atoms with Gasteiger partial charge in [0.05, 0.1) is 0 Å². The van der Waals surface area contributed by atoms with Gasteiger partial charge in [-0.05, 0) is 57.6 Å². The first-order valence-corrected chi connectivity index (χ1v) is 15.1. The fraction of sp³-hybridized carbons (Fsp3) is 0.559. The summed E-state index contributed by atoms with van der Waals surface area (Å²) in [6.07, 6.45) is 4.82. The molecule has 0 radical (unpaired) electrons. The van der Waals surface area contributed by atoms with E-state index in [1.54, 1.807) is 25.7 Å². The predicted octanol–water partition coefficient (Wildman–Crippen LogP) is 7.09. The van der Waals surface area contributed by atoms with E-state index in [1.807, 2.05) is 75.4 Å². The van der Waals surface area contributed by atoms with Crippen LogP contribution in [0.5, 0.6) is 0 Å². The third-order valence-electron chi connectivity index (χ3n) is 6.74. The van der Waals surface area contributed by atoms with Gasteiger partial charge < -0.3 is 20.3 Å². The minimum atomic E-state index is -0.840. The van der Waals surface area contributed by atoms with Crippen LogP contribution in [0.15, 0.2) is 54.6 Å². The Morgan fingerprint density at radius 3 is 2.12 bits per heavy atom. The number of rotatable bonds is 15. The zero-order chi connectivity index (χ0) is 30.4. The van der Waals surface area contributed by atoms with E-state index in [0.29, 0.717) is 19.5 Å². The van der Waals surface area contributed by atoms with Gasteiger partial charge in [0.1, 0.15) is 17.7 Å². The van der Waals surface area contributed by atoms with E-state index >= 15 is 0 Å². The third-order valence-corrected chi connectivity index (χ3v) is 6.74. The van der Waals surface area contributed by atoms with E-state index in [4.69, 9.17) is 4.74 Å². The highest BCUT2D eigenvalue weighted by Gasteiger charge is 2.36. The van der Waals surface area contributed by atoms with Crippen molar-refractivity contribution in [2.45, 2.75) is 111 Å². The number of ether oxygens (including phenoxy) is 1. The van der Waals surface area contributed by atoms with Crippen LogP contribution in [0, 0.1) is 12.8 Å². The van der Waals surface area contributed by atoms with E-state index in [-0.39, 0.29) is 17.7 Å². The monoisotopic (exact) mass is 565 g/mol. The number of carbonyl (C=O) groups excluding carboxylic acids is 3. The Kier molecular flexibility index (Phi) is 13.9. The van der Waals surface area contributed by atoms with Crippen molar-refractivity contribution in [2.75, 3.05) is 6.54 Å². The molecule has 3 amide bonds. The lowest BCUT2D eigenvalue weighted by Crippen LogP contribution is -2.53. The van der Waals surface area contributed by atoms with Crippen molar-refractivity contribution in [1.29, 1.82) is 0 Å². The topological polar surface area (TPSA) is 87.7 Å². The Labute approximate surface area is 247 Å². The number of benzene rings is 2. The van der Waals surface area contributed by atoms with Gasteiger partial charge in [0, 0.05) is 13.1 Å². The van der Waals surface area contributed by atoms with Crippen LogP contribution in [0.2, 0.25) is 0 Å². The molecule has 2 N–H and O–H groups in total. The first-order chi connectivity index (χ1) is 19.4. The van der Waals surface area contributed by atoms with Crippen molar-refractivity contribution >= 4 is 17.9 Å². The minimum absolute atomic E-state index is 0.134. The molecule has 0 aliphatic carbocycles. The van der Waals surface area contributed by atoms with Gasteiger partial charge in [-0.15, -0.1) is 0 Å². The van der Waals surface area contributed by atoms with E-state index in [0.717, 1.165) is 48.8 Å². The van der Waals surface area contributed by atoms with Crippen molar-refractivity contribution in [3.63, 3.8) is 0 Å². The van der Waals surface area contributed by atoms with Crippen molar-refractivity contribution < 1.29 is 19.1 Å². The highest BCUT2D eigenvalue weighted by Crippen LogP contribution is 2.25. The number of alkyl carbamates (subject to hydrolysis) is 1. The second-order valence-electron chi connectivity index (χ2n) is 12.3. The maximum Gasteiger partial charge on any atom is 0.408 e. The Hall–Kier alpha value is -3.35. The molecule has 0 bridgehead atoms. The fourth-order valence-corrected chi connectivity index (χ4v) is 4.70. The fourth-order valence-electron chi connectivity index (χ4n) is 4.70. The maximum atomic E-state index is 14.3. The maximum absolute atomic E-state index is 14.3. The second-order valence-corrected chi connectivity index (χ2v) is 12.3. The molecule has 0 aliphatic rings.